The summed E-state index contributed by atoms with van der Waals surface area (Å²) in [6.07, 6.45) is 7.86. The monoisotopic (exact) mass is 293 g/mol. The predicted octanol–water partition coefficient (Wildman–Crippen LogP) is 2.55. The highest BCUT2D eigenvalue weighted by molar-refractivity contribution is 5.09. The van der Waals surface area contributed by atoms with E-state index in [1.807, 2.05) is 0 Å². The van der Waals surface area contributed by atoms with E-state index in [-0.39, 0.29) is 5.54 Å². The molecular weight excluding hydrogens is 262 g/mol. The summed E-state index contributed by atoms with van der Waals surface area (Å²) in [6, 6.07) is 3.15. The van der Waals surface area contributed by atoms with Gasteiger partial charge in [0.25, 0.3) is 0 Å². The van der Waals surface area contributed by atoms with Gasteiger partial charge in [-0.1, -0.05) is 6.92 Å². The first-order chi connectivity index (χ1) is 10.2. The first-order valence-corrected chi connectivity index (χ1v) is 8.62. The highest BCUT2D eigenvalue weighted by Gasteiger charge is 2.34. The third kappa shape index (κ3) is 5.58. The molecule has 21 heavy (non-hydrogen) atoms. The lowest BCUT2D eigenvalue weighted by Gasteiger charge is -2.29. The fraction of sp³-hybridized carbons (Fsp3) is 0.941. The van der Waals surface area contributed by atoms with Crippen LogP contribution in [0.25, 0.3) is 0 Å². The zero-order valence-electron chi connectivity index (χ0n) is 13.7. The molecule has 0 bridgehead atoms. The fourth-order valence-electron chi connectivity index (χ4n) is 3.25. The molecule has 1 unspecified atom stereocenters. The van der Waals surface area contributed by atoms with Gasteiger partial charge >= 0.3 is 0 Å². The van der Waals surface area contributed by atoms with Crippen LogP contribution in [0.15, 0.2) is 0 Å². The van der Waals surface area contributed by atoms with Crippen molar-refractivity contribution in [2.45, 2.75) is 63.5 Å². The van der Waals surface area contributed by atoms with Crippen molar-refractivity contribution in [3.8, 4) is 6.07 Å². The Kier molecular flexibility index (Phi) is 6.47. The predicted molar refractivity (Wildman–Crippen MR) is 85.1 cm³/mol. The van der Waals surface area contributed by atoms with Crippen molar-refractivity contribution in [2.24, 2.45) is 5.92 Å². The summed E-state index contributed by atoms with van der Waals surface area (Å²) in [5.74, 6) is 0.792. The largest absolute Gasteiger partial charge is 0.381 e. The lowest BCUT2D eigenvalue weighted by Crippen LogP contribution is -2.45. The van der Waals surface area contributed by atoms with E-state index in [1.165, 1.54) is 32.2 Å². The van der Waals surface area contributed by atoms with E-state index < -0.39 is 0 Å². The highest BCUT2D eigenvalue weighted by atomic mass is 16.5. The molecule has 0 aromatic rings. The minimum Gasteiger partial charge on any atom is -0.381 e. The molecule has 4 heteroatoms. The van der Waals surface area contributed by atoms with Crippen LogP contribution in [0.5, 0.6) is 0 Å². The summed E-state index contributed by atoms with van der Waals surface area (Å²) in [7, 11) is 2.21. The van der Waals surface area contributed by atoms with Crippen LogP contribution >= 0.6 is 0 Å². The Bertz CT molecular complexity index is 344. The van der Waals surface area contributed by atoms with Gasteiger partial charge in [-0.3, -0.25) is 5.32 Å². The van der Waals surface area contributed by atoms with Crippen molar-refractivity contribution in [1.29, 1.82) is 5.26 Å². The lowest BCUT2D eigenvalue weighted by molar-refractivity contribution is 0.0554. The maximum atomic E-state index is 9.54. The minimum absolute atomic E-state index is 0.291. The molecule has 1 aliphatic heterocycles. The second-order valence-electron chi connectivity index (χ2n) is 6.89. The summed E-state index contributed by atoms with van der Waals surface area (Å²) < 4.78 is 5.42. The van der Waals surface area contributed by atoms with E-state index in [1.54, 1.807) is 0 Å². The molecule has 0 radical (unpaired) electrons. The third-order valence-corrected chi connectivity index (χ3v) is 4.93. The van der Waals surface area contributed by atoms with E-state index in [9.17, 15) is 5.26 Å². The zero-order chi connectivity index (χ0) is 15.1. The van der Waals surface area contributed by atoms with Crippen LogP contribution in [-0.4, -0.2) is 49.8 Å². The molecule has 0 spiro atoms. The number of ether oxygens (including phenoxy) is 1. The van der Waals surface area contributed by atoms with Crippen LogP contribution in [0.4, 0.5) is 0 Å². The van der Waals surface area contributed by atoms with E-state index in [4.69, 9.17) is 4.74 Å². The number of nitrogens with zero attached hydrogens (tertiary/aromatic N) is 2. The summed E-state index contributed by atoms with van der Waals surface area (Å²) in [4.78, 5) is 2.44. The molecule has 2 fully saturated rings. The molecule has 2 aliphatic rings. The van der Waals surface area contributed by atoms with Gasteiger partial charge in [0.15, 0.2) is 0 Å². The minimum atomic E-state index is -0.291. The zero-order valence-corrected chi connectivity index (χ0v) is 13.7. The molecule has 120 valence electrons. The second-order valence-corrected chi connectivity index (χ2v) is 6.89. The SMILES string of the molecule is CCC(C#N)(CCCN(C)CC1CCOCC1)NC1CC1. The van der Waals surface area contributed by atoms with Gasteiger partial charge < -0.3 is 9.64 Å². The highest BCUT2D eigenvalue weighted by Crippen LogP contribution is 2.26. The maximum absolute atomic E-state index is 9.54. The van der Waals surface area contributed by atoms with Crippen molar-refractivity contribution < 1.29 is 4.74 Å². The summed E-state index contributed by atoms with van der Waals surface area (Å²) in [5.41, 5.74) is -0.291. The van der Waals surface area contributed by atoms with E-state index in [2.05, 4.69) is 30.3 Å². The fourth-order valence-corrected chi connectivity index (χ4v) is 3.25. The number of rotatable bonds is 9. The number of hydrogen-bond donors (Lipinski definition) is 1. The molecule has 4 nitrogen and oxygen atoms in total. The van der Waals surface area contributed by atoms with Crippen LogP contribution in [0.1, 0.15) is 51.9 Å². The Labute approximate surface area is 129 Å². The van der Waals surface area contributed by atoms with Crippen LogP contribution in [0.3, 0.4) is 0 Å². The molecule has 1 N–H and O–H groups in total. The van der Waals surface area contributed by atoms with Gasteiger partial charge in [-0.2, -0.15) is 5.26 Å². The number of nitriles is 1. The van der Waals surface area contributed by atoms with Crippen molar-refractivity contribution >= 4 is 0 Å². The first kappa shape index (κ1) is 16.7. The smallest absolute Gasteiger partial charge is 0.106 e. The Morgan fingerprint density at radius 3 is 2.57 bits per heavy atom. The van der Waals surface area contributed by atoms with Crippen molar-refractivity contribution in [3.05, 3.63) is 0 Å². The van der Waals surface area contributed by atoms with Gasteiger partial charge in [0, 0.05) is 25.8 Å². The maximum Gasteiger partial charge on any atom is 0.106 e. The van der Waals surface area contributed by atoms with Crippen molar-refractivity contribution in [2.75, 3.05) is 33.4 Å². The molecular formula is C17H31N3O. The normalized spacial score (nSPS) is 23.0. The second kappa shape index (κ2) is 8.12. The molecule has 1 atom stereocenters. The van der Waals surface area contributed by atoms with Crippen LogP contribution < -0.4 is 5.32 Å². The van der Waals surface area contributed by atoms with E-state index in [0.717, 1.165) is 44.9 Å². The van der Waals surface area contributed by atoms with Gasteiger partial charge in [0.1, 0.15) is 5.54 Å². The van der Waals surface area contributed by atoms with Crippen LogP contribution in [-0.2, 0) is 4.74 Å². The van der Waals surface area contributed by atoms with E-state index >= 15 is 0 Å². The Balaban J connectivity index is 1.67. The lowest BCUT2D eigenvalue weighted by atomic mass is 9.91. The summed E-state index contributed by atoms with van der Waals surface area (Å²) in [5, 5.41) is 13.1. The van der Waals surface area contributed by atoms with Crippen molar-refractivity contribution in [1.82, 2.24) is 10.2 Å². The quantitative estimate of drug-likeness (QED) is 0.710. The average molecular weight is 293 g/mol. The molecule has 0 aromatic carbocycles. The van der Waals surface area contributed by atoms with Gasteiger partial charge in [-0.05, 0) is 64.5 Å². The van der Waals surface area contributed by atoms with Gasteiger partial charge in [0.2, 0.25) is 0 Å². The first-order valence-electron chi connectivity index (χ1n) is 8.62. The van der Waals surface area contributed by atoms with Crippen molar-refractivity contribution in [3.63, 3.8) is 0 Å². The topological polar surface area (TPSA) is 48.3 Å². The Morgan fingerprint density at radius 1 is 1.29 bits per heavy atom. The molecule has 1 saturated carbocycles. The molecule has 0 amide bonds. The van der Waals surface area contributed by atoms with E-state index in [0.29, 0.717) is 6.04 Å². The average Bonchev–Trinajstić information content (AvgIpc) is 3.31. The summed E-state index contributed by atoms with van der Waals surface area (Å²) in [6.45, 7) is 6.25. The van der Waals surface area contributed by atoms with Gasteiger partial charge in [0.05, 0.1) is 6.07 Å². The number of nitrogens with one attached hydrogen (secondary N) is 1. The molecule has 1 saturated heterocycles. The Morgan fingerprint density at radius 2 is 2.00 bits per heavy atom. The standard InChI is InChI=1S/C17H31N3O/c1-3-17(14-18,19-16-5-6-16)9-4-10-20(2)13-15-7-11-21-12-8-15/h15-16,19H,3-13H2,1-2H3. The van der Waals surface area contributed by atoms with Gasteiger partial charge in [-0.25, -0.2) is 0 Å². The molecule has 1 aliphatic carbocycles. The molecule has 1 heterocycles. The van der Waals surface area contributed by atoms with Gasteiger partial charge in [-0.15, -0.1) is 0 Å². The molecule has 0 aromatic heterocycles. The number of hydrogen-bond acceptors (Lipinski definition) is 4. The van der Waals surface area contributed by atoms with Crippen LogP contribution in [0.2, 0.25) is 0 Å². The third-order valence-electron chi connectivity index (χ3n) is 4.93. The summed E-state index contributed by atoms with van der Waals surface area (Å²) >= 11 is 0. The molecule has 2 rings (SSSR count). The van der Waals surface area contributed by atoms with Crippen LogP contribution in [0, 0.1) is 17.2 Å². The Hall–Kier alpha value is -0.630.